The number of amides is 1. The van der Waals surface area contributed by atoms with E-state index in [9.17, 15) is 4.79 Å². The summed E-state index contributed by atoms with van der Waals surface area (Å²) in [5.41, 5.74) is -0.457. The van der Waals surface area contributed by atoms with E-state index in [2.05, 4.69) is 5.32 Å². The molecule has 0 saturated heterocycles. The Morgan fingerprint density at radius 1 is 0.778 bits per heavy atom. The highest BCUT2D eigenvalue weighted by Crippen LogP contribution is 2.13. The van der Waals surface area contributed by atoms with Gasteiger partial charge in [0.25, 0.3) is 0 Å². The molecule has 0 aromatic rings. The maximum absolute atomic E-state index is 11.5. The van der Waals surface area contributed by atoms with Crippen molar-refractivity contribution in [3.05, 3.63) is 0 Å². The first-order valence-corrected chi connectivity index (χ1v) is 9.48. The Morgan fingerprint density at radius 3 is 1.59 bits per heavy atom. The van der Waals surface area contributed by atoms with Gasteiger partial charge in [-0.05, 0) is 20.3 Å². The second-order valence-electron chi connectivity index (χ2n) is 6.22. The van der Waals surface area contributed by atoms with Crippen molar-refractivity contribution in [1.82, 2.24) is 5.32 Å². The third-order valence-electron chi connectivity index (χ3n) is 3.46. The number of hydrogen-bond donors (Lipinski definition) is 2. The molecule has 1 amide bonds. The van der Waals surface area contributed by atoms with Crippen LogP contribution in [0.3, 0.4) is 0 Å². The largest absolute Gasteiger partial charge is 0.444 e. The van der Waals surface area contributed by atoms with Crippen LogP contribution in [0.1, 0.15) is 27.2 Å². The molecule has 162 valence electrons. The summed E-state index contributed by atoms with van der Waals surface area (Å²) in [6, 6.07) is 0. The Hall–Kier alpha value is -0.970. The van der Waals surface area contributed by atoms with Crippen molar-refractivity contribution >= 4 is 6.09 Å². The lowest BCUT2D eigenvalue weighted by molar-refractivity contribution is -0.0132. The van der Waals surface area contributed by atoms with E-state index in [4.69, 9.17) is 33.5 Å². The normalized spacial score (nSPS) is 11.6. The first kappa shape index (κ1) is 26.0. The molecule has 0 radical (unpaired) electrons. The van der Waals surface area contributed by atoms with Crippen molar-refractivity contribution < 1.29 is 38.3 Å². The van der Waals surface area contributed by atoms with Crippen LogP contribution < -0.4 is 5.32 Å². The Bertz CT molecular complexity index is 341. The average molecular weight is 395 g/mol. The smallest absolute Gasteiger partial charge is 0.407 e. The van der Waals surface area contributed by atoms with Crippen molar-refractivity contribution in [3.8, 4) is 0 Å². The predicted octanol–water partition coefficient (Wildman–Crippen LogP) is 0.977. The molecular weight excluding hydrogens is 358 g/mol. The Morgan fingerprint density at radius 2 is 1.19 bits per heavy atom. The van der Waals surface area contributed by atoms with Crippen LogP contribution in [0.2, 0.25) is 0 Å². The van der Waals surface area contributed by atoms with Gasteiger partial charge in [0.1, 0.15) is 5.60 Å². The molecule has 0 unspecified atom stereocenters. The molecule has 9 nitrogen and oxygen atoms in total. The summed E-state index contributed by atoms with van der Waals surface area (Å²) in [6.45, 7) is 10.7. The highest BCUT2D eigenvalue weighted by molar-refractivity contribution is 5.67. The number of aliphatic hydroxyl groups is 1. The van der Waals surface area contributed by atoms with E-state index in [-0.39, 0.29) is 6.61 Å². The van der Waals surface area contributed by atoms with Crippen molar-refractivity contribution in [2.24, 2.45) is 0 Å². The van der Waals surface area contributed by atoms with E-state index in [1.807, 2.05) is 20.8 Å². The lowest BCUT2D eigenvalue weighted by Crippen LogP contribution is -2.35. The van der Waals surface area contributed by atoms with Crippen molar-refractivity contribution in [1.29, 1.82) is 0 Å². The summed E-state index contributed by atoms with van der Waals surface area (Å²) in [7, 11) is 0. The molecule has 0 heterocycles. The van der Waals surface area contributed by atoms with Crippen LogP contribution in [0.25, 0.3) is 0 Å². The number of carbonyl (C=O) groups is 1. The van der Waals surface area contributed by atoms with Gasteiger partial charge in [0.2, 0.25) is 0 Å². The van der Waals surface area contributed by atoms with Crippen LogP contribution in [0.5, 0.6) is 0 Å². The van der Waals surface area contributed by atoms with Gasteiger partial charge >= 0.3 is 6.09 Å². The van der Waals surface area contributed by atoms with E-state index in [0.29, 0.717) is 72.6 Å². The molecule has 0 aliphatic heterocycles. The number of nitrogens with one attached hydrogen (secondary N) is 1. The second-order valence-corrected chi connectivity index (χ2v) is 6.22. The molecule has 2 N–H and O–H groups in total. The number of ether oxygens (including phenoxy) is 6. The van der Waals surface area contributed by atoms with E-state index in [0.717, 1.165) is 6.42 Å². The molecule has 0 bridgehead atoms. The molecule has 9 heteroatoms. The van der Waals surface area contributed by atoms with Crippen molar-refractivity contribution in [2.75, 3.05) is 79.2 Å². The van der Waals surface area contributed by atoms with Gasteiger partial charge in [0, 0.05) is 6.54 Å². The van der Waals surface area contributed by atoms with E-state index in [1.54, 1.807) is 0 Å². The van der Waals surface area contributed by atoms with Crippen LogP contribution in [0.15, 0.2) is 0 Å². The summed E-state index contributed by atoms with van der Waals surface area (Å²) in [5, 5.41) is 11.2. The van der Waals surface area contributed by atoms with Crippen LogP contribution in [0, 0.1) is 0 Å². The number of rotatable bonds is 19. The summed E-state index contributed by atoms with van der Waals surface area (Å²) < 4.78 is 31.7. The molecule has 27 heavy (non-hydrogen) atoms. The molecule has 0 rings (SSSR count). The zero-order valence-electron chi connectivity index (χ0n) is 17.0. The molecule has 0 fully saturated rings. The summed E-state index contributed by atoms with van der Waals surface area (Å²) >= 11 is 0. The Labute approximate surface area is 162 Å². The minimum absolute atomic E-state index is 0.0250. The number of aliphatic hydroxyl groups excluding tert-OH is 1. The van der Waals surface area contributed by atoms with Crippen LogP contribution >= 0.6 is 0 Å². The van der Waals surface area contributed by atoms with Gasteiger partial charge < -0.3 is 38.8 Å². The van der Waals surface area contributed by atoms with Crippen LogP contribution in [0.4, 0.5) is 4.79 Å². The van der Waals surface area contributed by atoms with Gasteiger partial charge in [-0.15, -0.1) is 0 Å². The Balaban J connectivity index is 3.18. The van der Waals surface area contributed by atoms with Gasteiger partial charge in [-0.3, -0.25) is 0 Å². The molecule has 0 saturated carbocycles. The molecular formula is C18H37NO8. The fourth-order valence-electron chi connectivity index (χ4n) is 1.63. The molecule has 0 aromatic heterocycles. The third kappa shape index (κ3) is 19.6. The fourth-order valence-corrected chi connectivity index (χ4v) is 1.63. The highest BCUT2D eigenvalue weighted by Gasteiger charge is 2.19. The minimum atomic E-state index is -0.457. The summed E-state index contributed by atoms with van der Waals surface area (Å²) in [4.78, 5) is 11.5. The maximum Gasteiger partial charge on any atom is 0.407 e. The lowest BCUT2D eigenvalue weighted by atomic mass is 10.1. The lowest BCUT2D eigenvalue weighted by Gasteiger charge is -2.23. The molecule has 0 atom stereocenters. The summed E-state index contributed by atoms with van der Waals surface area (Å²) in [5.74, 6) is 0. The monoisotopic (exact) mass is 395 g/mol. The topological polar surface area (TPSA) is 105 Å². The minimum Gasteiger partial charge on any atom is -0.444 e. The predicted molar refractivity (Wildman–Crippen MR) is 100 cm³/mol. The van der Waals surface area contributed by atoms with Gasteiger partial charge in [-0.1, -0.05) is 6.92 Å². The molecule has 0 aliphatic rings. The highest BCUT2D eigenvalue weighted by atomic mass is 16.6. The Kier molecular flexibility index (Phi) is 17.7. The van der Waals surface area contributed by atoms with E-state index < -0.39 is 11.7 Å². The molecule has 0 spiro atoms. The van der Waals surface area contributed by atoms with E-state index in [1.165, 1.54) is 0 Å². The first-order chi connectivity index (χ1) is 13.0. The standard InChI is InChI=1S/C18H37NO8/c1-4-18(2,3)27-17(21)19-5-7-22-9-11-24-13-15-26-16-14-25-12-10-23-8-6-20/h20H,4-16H2,1-3H3,(H,19,21). The number of hydrogen-bond acceptors (Lipinski definition) is 8. The van der Waals surface area contributed by atoms with Gasteiger partial charge in [0.15, 0.2) is 0 Å². The number of carbonyl (C=O) groups excluding carboxylic acids is 1. The molecule has 0 aliphatic carbocycles. The van der Waals surface area contributed by atoms with Crippen LogP contribution in [-0.2, 0) is 28.4 Å². The zero-order valence-corrected chi connectivity index (χ0v) is 17.0. The second kappa shape index (κ2) is 18.4. The quantitative estimate of drug-likeness (QED) is 0.312. The van der Waals surface area contributed by atoms with Gasteiger partial charge in [-0.2, -0.15) is 0 Å². The van der Waals surface area contributed by atoms with Gasteiger partial charge in [-0.25, -0.2) is 4.79 Å². The van der Waals surface area contributed by atoms with E-state index >= 15 is 0 Å². The zero-order chi connectivity index (χ0) is 20.2. The first-order valence-electron chi connectivity index (χ1n) is 9.48. The average Bonchev–Trinajstić information content (AvgIpc) is 2.64. The summed E-state index contributed by atoms with van der Waals surface area (Å²) in [6.07, 6.45) is 0.325. The van der Waals surface area contributed by atoms with Gasteiger partial charge in [0.05, 0.1) is 72.7 Å². The fraction of sp³-hybridized carbons (Fsp3) is 0.944. The third-order valence-corrected chi connectivity index (χ3v) is 3.46. The van der Waals surface area contributed by atoms with Crippen molar-refractivity contribution in [2.45, 2.75) is 32.8 Å². The SMILES string of the molecule is CCC(C)(C)OC(=O)NCCOCCOCCOCCOCCOCCO. The molecule has 0 aromatic carbocycles. The van der Waals surface area contributed by atoms with Crippen LogP contribution in [-0.4, -0.2) is 96.0 Å². The van der Waals surface area contributed by atoms with Crippen molar-refractivity contribution in [3.63, 3.8) is 0 Å². The maximum atomic E-state index is 11.5. The number of alkyl carbamates (subject to hydrolysis) is 1.